The van der Waals surface area contributed by atoms with Gasteiger partial charge in [0.1, 0.15) is 11.5 Å². The summed E-state index contributed by atoms with van der Waals surface area (Å²) in [5, 5.41) is 7.91. The van der Waals surface area contributed by atoms with E-state index in [4.69, 9.17) is 14.1 Å². The van der Waals surface area contributed by atoms with E-state index in [-0.39, 0.29) is 17.5 Å². The number of hydrogen-bond acceptors (Lipinski definition) is 6. The Bertz CT molecular complexity index is 1330. The Morgan fingerprint density at radius 1 is 1.12 bits per heavy atom. The molecule has 0 atom stereocenters. The number of ether oxygens (including phenoxy) is 1. The molecule has 0 saturated heterocycles. The number of amides is 1. The van der Waals surface area contributed by atoms with Crippen molar-refractivity contribution in [3.05, 3.63) is 65.2 Å². The number of carbonyl (C=O) groups excluding carboxylic acids is 2. The SMILES string of the molecule is COC(=O)c1ccccc1NC(=O)c1cc(-c2cc(C)oc2C)nc2c1cnn2C(C)C. The molecule has 8 nitrogen and oxygen atoms in total. The highest BCUT2D eigenvalue weighted by molar-refractivity contribution is 6.14. The first-order chi connectivity index (χ1) is 15.3. The quantitative estimate of drug-likeness (QED) is 0.449. The number of nitrogens with one attached hydrogen (secondary N) is 1. The molecule has 0 aliphatic rings. The van der Waals surface area contributed by atoms with Gasteiger partial charge in [0.25, 0.3) is 5.91 Å². The molecule has 0 unspecified atom stereocenters. The molecule has 164 valence electrons. The number of aryl methyl sites for hydroxylation is 2. The first-order valence-electron chi connectivity index (χ1n) is 10.2. The molecule has 3 heterocycles. The van der Waals surface area contributed by atoms with Crippen molar-refractivity contribution in [3.8, 4) is 11.3 Å². The predicted octanol–water partition coefficient (Wildman–Crippen LogP) is 4.93. The number of hydrogen-bond donors (Lipinski definition) is 1. The van der Waals surface area contributed by atoms with Crippen molar-refractivity contribution in [3.63, 3.8) is 0 Å². The second-order valence-corrected chi connectivity index (χ2v) is 7.79. The lowest BCUT2D eigenvalue weighted by molar-refractivity contribution is 0.0602. The Balaban J connectivity index is 1.86. The molecular weight excluding hydrogens is 408 g/mol. The van der Waals surface area contributed by atoms with Crippen molar-refractivity contribution in [1.29, 1.82) is 0 Å². The van der Waals surface area contributed by atoms with Gasteiger partial charge in [0.05, 0.1) is 41.2 Å². The van der Waals surface area contributed by atoms with Gasteiger partial charge in [-0.25, -0.2) is 14.5 Å². The van der Waals surface area contributed by atoms with Crippen LogP contribution in [0.2, 0.25) is 0 Å². The molecule has 1 amide bonds. The zero-order valence-electron chi connectivity index (χ0n) is 18.6. The molecule has 4 aromatic rings. The zero-order chi connectivity index (χ0) is 23.0. The summed E-state index contributed by atoms with van der Waals surface area (Å²) < 4.78 is 12.3. The van der Waals surface area contributed by atoms with Gasteiger partial charge >= 0.3 is 5.97 Å². The van der Waals surface area contributed by atoms with Crippen molar-refractivity contribution in [2.45, 2.75) is 33.7 Å². The predicted molar refractivity (Wildman–Crippen MR) is 121 cm³/mol. The van der Waals surface area contributed by atoms with E-state index in [9.17, 15) is 9.59 Å². The van der Waals surface area contributed by atoms with Crippen molar-refractivity contribution < 1.29 is 18.7 Å². The second kappa shape index (κ2) is 8.30. The highest BCUT2D eigenvalue weighted by atomic mass is 16.5. The van der Waals surface area contributed by atoms with E-state index in [0.717, 1.165) is 11.3 Å². The Morgan fingerprint density at radius 2 is 1.88 bits per heavy atom. The highest BCUT2D eigenvalue weighted by Gasteiger charge is 2.22. The molecule has 0 aliphatic carbocycles. The Labute approximate surface area is 185 Å². The number of benzene rings is 1. The average molecular weight is 432 g/mol. The van der Waals surface area contributed by atoms with Crippen LogP contribution in [-0.4, -0.2) is 33.8 Å². The Kier molecular flexibility index (Phi) is 5.52. The summed E-state index contributed by atoms with van der Waals surface area (Å²) in [6.45, 7) is 7.73. The number of carbonyl (C=O) groups is 2. The molecule has 0 fully saturated rings. The van der Waals surface area contributed by atoms with E-state index < -0.39 is 5.97 Å². The normalized spacial score (nSPS) is 11.2. The number of rotatable bonds is 5. The van der Waals surface area contributed by atoms with Gasteiger partial charge in [0, 0.05) is 11.6 Å². The van der Waals surface area contributed by atoms with Crippen molar-refractivity contribution in [1.82, 2.24) is 14.8 Å². The van der Waals surface area contributed by atoms with Crippen molar-refractivity contribution >= 4 is 28.6 Å². The van der Waals surface area contributed by atoms with Crippen LogP contribution in [0.4, 0.5) is 5.69 Å². The minimum atomic E-state index is -0.529. The fourth-order valence-electron chi connectivity index (χ4n) is 3.68. The number of nitrogens with zero attached hydrogens (tertiary/aromatic N) is 3. The van der Waals surface area contributed by atoms with E-state index in [0.29, 0.717) is 33.7 Å². The molecule has 1 aromatic carbocycles. The highest BCUT2D eigenvalue weighted by Crippen LogP contribution is 2.30. The summed E-state index contributed by atoms with van der Waals surface area (Å²) in [6, 6.07) is 10.4. The fraction of sp³-hybridized carbons (Fsp3) is 0.250. The van der Waals surface area contributed by atoms with Gasteiger partial charge in [-0.1, -0.05) is 12.1 Å². The lowest BCUT2D eigenvalue weighted by atomic mass is 10.1. The van der Waals surface area contributed by atoms with E-state index in [1.165, 1.54) is 7.11 Å². The van der Waals surface area contributed by atoms with Gasteiger partial charge in [-0.3, -0.25) is 4.79 Å². The molecule has 8 heteroatoms. The van der Waals surface area contributed by atoms with Crippen molar-refractivity contribution in [2.24, 2.45) is 0 Å². The molecule has 0 aliphatic heterocycles. The summed E-state index contributed by atoms with van der Waals surface area (Å²) in [7, 11) is 1.30. The van der Waals surface area contributed by atoms with Crippen LogP contribution in [0.25, 0.3) is 22.3 Å². The standard InChI is InChI=1S/C24H24N4O4/c1-13(2)28-22-19(12-25-28)18(11-21(26-22)17-10-14(3)32-15(17)4)23(29)27-20-9-7-6-8-16(20)24(30)31-5/h6-13H,1-5H3,(H,27,29). The summed E-state index contributed by atoms with van der Waals surface area (Å²) in [6.07, 6.45) is 1.64. The summed E-state index contributed by atoms with van der Waals surface area (Å²) in [5.74, 6) is 0.567. The Morgan fingerprint density at radius 3 is 2.53 bits per heavy atom. The van der Waals surface area contributed by atoms with Crippen LogP contribution in [0.5, 0.6) is 0 Å². The first-order valence-corrected chi connectivity index (χ1v) is 10.2. The summed E-state index contributed by atoms with van der Waals surface area (Å²) >= 11 is 0. The molecule has 0 saturated carbocycles. The molecular formula is C24H24N4O4. The first kappa shape index (κ1) is 21.3. The van der Waals surface area contributed by atoms with Gasteiger partial charge in [0.2, 0.25) is 0 Å². The van der Waals surface area contributed by atoms with Crippen LogP contribution in [0, 0.1) is 13.8 Å². The van der Waals surface area contributed by atoms with Gasteiger partial charge < -0.3 is 14.5 Å². The third-order valence-corrected chi connectivity index (χ3v) is 5.20. The fourth-order valence-corrected chi connectivity index (χ4v) is 3.68. The van der Waals surface area contributed by atoms with Crippen molar-refractivity contribution in [2.75, 3.05) is 12.4 Å². The molecule has 1 N–H and O–H groups in total. The topological polar surface area (TPSA) is 99.2 Å². The molecule has 4 rings (SSSR count). The van der Waals surface area contributed by atoms with Crippen LogP contribution in [-0.2, 0) is 4.74 Å². The van der Waals surface area contributed by atoms with E-state index >= 15 is 0 Å². The van der Waals surface area contributed by atoms with Gasteiger partial charge in [-0.2, -0.15) is 5.10 Å². The lowest BCUT2D eigenvalue weighted by Gasteiger charge is -2.12. The summed E-state index contributed by atoms with van der Waals surface area (Å²) in [5.41, 5.74) is 3.05. The number of fused-ring (bicyclic) bond motifs is 1. The zero-order valence-corrected chi connectivity index (χ0v) is 18.6. The number of esters is 1. The van der Waals surface area contributed by atoms with Crippen LogP contribution >= 0.6 is 0 Å². The monoisotopic (exact) mass is 432 g/mol. The maximum Gasteiger partial charge on any atom is 0.339 e. The molecule has 32 heavy (non-hydrogen) atoms. The third kappa shape index (κ3) is 3.75. The molecule has 3 aromatic heterocycles. The van der Waals surface area contributed by atoms with Crippen LogP contribution in [0.1, 0.15) is 52.1 Å². The van der Waals surface area contributed by atoms with E-state index in [1.807, 2.05) is 33.8 Å². The van der Waals surface area contributed by atoms with Gasteiger partial charge in [-0.15, -0.1) is 0 Å². The summed E-state index contributed by atoms with van der Waals surface area (Å²) in [4.78, 5) is 30.3. The van der Waals surface area contributed by atoms with E-state index in [1.54, 1.807) is 41.2 Å². The molecule has 0 spiro atoms. The van der Waals surface area contributed by atoms with Crippen LogP contribution in [0.15, 0.2) is 47.0 Å². The van der Waals surface area contributed by atoms with Gasteiger partial charge in [-0.05, 0) is 52.0 Å². The maximum absolute atomic E-state index is 13.4. The minimum Gasteiger partial charge on any atom is -0.466 e. The minimum absolute atomic E-state index is 0.0541. The van der Waals surface area contributed by atoms with Crippen LogP contribution < -0.4 is 5.32 Å². The van der Waals surface area contributed by atoms with E-state index in [2.05, 4.69) is 10.4 Å². The average Bonchev–Trinajstić information content (AvgIpc) is 3.35. The number of para-hydroxylation sites is 1. The number of furan rings is 1. The largest absolute Gasteiger partial charge is 0.466 e. The third-order valence-electron chi connectivity index (χ3n) is 5.20. The molecule has 0 radical (unpaired) electrons. The maximum atomic E-state index is 13.4. The smallest absolute Gasteiger partial charge is 0.339 e. The van der Waals surface area contributed by atoms with Gasteiger partial charge in [0.15, 0.2) is 5.65 Å². The second-order valence-electron chi connectivity index (χ2n) is 7.79. The molecule has 0 bridgehead atoms. The number of aromatic nitrogens is 3. The van der Waals surface area contributed by atoms with Crippen LogP contribution in [0.3, 0.4) is 0 Å². The Hall–Kier alpha value is -3.94. The number of pyridine rings is 1. The number of anilines is 1. The number of methoxy groups -OCH3 is 1. The lowest BCUT2D eigenvalue weighted by Crippen LogP contribution is -2.16.